The molecule has 1 aromatic carbocycles. The second-order valence-corrected chi connectivity index (χ2v) is 5.32. The molecule has 0 saturated heterocycles. The average molecular weight is 311 g/mol. The molecule has 1 aromatic rings. The first-order valence-electron chi connectivity index (χ1n) is 6.67. The van der Waals surface area contributed by atoms with Gasteiger partial charge in [-0.25, -0.2) is 0 Å². The van der Waals surface area contributed by atoms with Crippen LogP contribution < -0.4 is 20.5 Å². The molecule has 0 saturated carbocycles. The Morgan fingerprint density at radius 1 is 1.32 bits per heavy atom. The van der Waals surface area contributed by atoms with Gasteiger partial charge in [0.15, 0.2) is 11.5 Å². The standard InChI is InChI=1S/C14H21N3O5/c1-14(2,15)13(18)16-6-5-9-7-11(21-3)12(22-4)8-10(9)17(19)20/h7-8H,5-6,15H2,1-4H3,(H,16,18). The second kappa shape index (κ2) is 7.08. The molecule has 0 fully saturated rings. The first kappa shape index (κ1) is 17.7. The van der Waals surface area contributed by atoms with Crippen molar-refractivity contribution in [3.8, 4) is 11.5 Å². The Morgan fingerprint density at radius 3 is 2.32 bits per heavy atom. The van der Waals surface area contributed by atoms with E-state index in [1.54, 1.807) is 13.8 Å². The first-order valence-corrected chi connectivity index (χ1v) is 6.67. The number of carbonyl (C=O) groups excluding carboxylic acids is 1. The Kier molecular flexibility index (Phi) is 5.69. The van der Waals surface area contributed by atoms with Crippen LogP contribution in [-0.2, 0) is 11.2 Å². The fourth-order valence-electron chi connectivity index (χ4n) is 1.82. The van der Waals surface area contributed by atoms with Crippen molar-refractivity contribution in [3.05, 3.63) is 27.8 Å². The monoisotopic (exact) mass is 311 g/mol. The number of nitrogens with one attached hydrogen (secondary N) is 1. The van der Waals surface area contributed by atoms with Gasteiger partial charge >= 0.3 is 0 Å². The Hall–Kier alpha value is -2.35. The largest absolute Gasteiger partial charge is 0.493 e. The molecule has 122 valence electrons. The maximum absolute atomic E-state index is 11.7. The maximum atomic E-state index is 11.7. The summed E-state index contributed by atoms with van der Waals surface area (Å²) in [7, 11) is 2.86. The number of carbonyl (C=O) groups is 1. The molecule has 0 spiro atoms. The number of nitro benzene ring substituents is 1. The third-order valence-corrected chi connectivity index (χ3v) is 3.05. The van der Waals surface area contributed by atoms with Gasteiger partial charge in [-0.1, -0.05) is 0 Å². The molecular formula is C14H21N3O5. The van der Waals surface area contributed by atoms with E-state index in [-0.39, 0.29) is 30.3 Å². The highest BCUT2D eigenvalue weighted by Gasteiger charge is 2.22. The SMILES string of the molecule is COc1cc(CCNC(=O)C(C)(C)N)c([N+](=O)[O-])cc1OC. The molecule has 0 aliphatic heterocycles. The number of amides is 1. The van der Waals surface area contributed by atoms with Crippen molar-refractivity contribution in [2.75, 3.05) is 20.8 Å². The van der Waals surface area contributed by atoms with Crippen molar-refractivity contribution in [1.29, 1.82) is 0 Å². The van der Waals surface area contributed by atoms with E-state index in [1.807, 2.05) is 0 Å². The molecule has 0 atom stereocenters. The molecule has 0 aromatic heterocycles. The van der Waals surface area contributed by atoms with Crippen LogP contribution in [0.25, 0.3) is 0 Å². The summed E-state index contributed by atoms with van der Waals surface area (Å²) in [5, 5.41) is 13.8. The van der Waals surface area contributed by atoms with Gasteiger partial charge in [-0.15, -0.1) is 0 Å². The van der Waals surface area contributed by atoms with Crippen molar-refractivity contribution in [2.45, 2.75) is 25.8 Å². The third-order valence-electron chi connectivity index (χ3n) is 3.05. The summed E-state index contributed by atoms with van der Waals surface area (Å²) < 4.78 is 10.2. The highest BCUT2D eigenvalue weighted by Crippen LogP contribution is 2.34. The highest BCUT2D eigenvalue weighted by molar-refractivity contribution is 5.85. The minimum absolute atomic E-state index is 0.0843. The molecule has 1 amide bonds. The van der Waals surface area contributed by atoms with Crippen LogP contribution in [0.3, 0.4) is 0 Å². The van der Waals surface area contributed by atoms with E-state index in [0.717, 1.165) is 0 Å². The van der Waals surface area contributed by atoms with E-state index >= 15 is 0 Å². The van der Waals surface area contributed by atoms with Gasteiger partial charge in [0.25, 0.3) is 5.69 Å². The quantitative estimate of drug-likeness (QED) is 0.573. The van der Waals surface area contributed by atoms with Gasteiger partial charge in [0.05, 0.1) is 30.7 Å². The van der Waals surface area contributed by atoms with Crippen LogP contribution >= 0.6 is 0 Å². The van der Waals surface area contributed by atoms with Crippen LogP contribution in [0.5, 0.6) is 11.5 Å². The van der Waals surface area contributed by atoms with Gasteiger partial charge in [0.2, 0.25) is 5.91 Å². The predicted octanol–water partition coefficient (Wildman–Crippen LogP) is 1.01. The van der Waals surface area contributed by atoms with Crippen LogP contribution in [0.2, 0.25) is 0 Å². The van der Waals surface area contributed by atoms with E-state index in [4.69, 9.17) is 15.2 Å². The predicted molar refractivity (Wildman–Crippen MR) is 81.2 cm³/mol. The zero-order valence-electron chi connectivity index (χ0n) is 13.1. The Bertz CT molecular complexity index is 566. The lowest BCUT2D eigenvalue weighted by molar-refractivity contribution is -0.385. The normalized spacial score (nSPS) is 11.0. The van der Waals surface area contributed by atoms with E-state index in [2.05, 4.69) is 5.32 Å². The smallest absolute Gasteiger partial charge is 0.276 e. The summed E-state index contributed by atoms with van der Waals surface area (Å²) in [4.78, 5) is 22.3. The summed E-state index contributed by atoms with van der Waals surface area (Å²) in [6.07, 6.45) is 0.276. The lowest BCUT2D eigenvalue weighted by atomic mass is 10.1. The summed E-state index contributed by atoms with van der Waals surface area (Å²) in [5.74, 6) is 0.356. The van der Waals surface area contributed by atoms with Crippen molar-refractivity contribution in [3.63, 3.8) is 0 Å². The van der Waals surface area contributed by atoms with Gasteiger partial charge in [0.1, 0.15) is 0 Å². The Morgan fingerprint density at radius 2 is 1.86 bits per heavy atom. The summed E-state index contributed by atoms with van der Waals surface area (Å²) in [5.41, 5.74) is 5.02. The van der Waals surface area contributed by atoms with Crippen LogP contribution in [0, 0.1) is 10.1 Å². The average Bonchev–Trinajstić information content (AvgIpc) is 2.45. The van der Waals surface area contributed by atoms with Crippen LogP contribution in [0.1, 0.15) is 19.4 Å². The Labute approximate surface area is 128 Å². The lowest BCUT2D eigenvalue weighted by Gasteiger charge is -2.17. The highest BCUT2D eigenvalue weighted by atomic mass is 16.6. The molecule has 0 bridgehead atoms. The summed E-state index contributed by atoms with van der Waals surface area (Å²) in [6.45, 7) is 3.40. The van der Waals surface area contributed by atoms with Gasteiger partial charge < -0.3 is 20.5 Å². The van der Waals surface area contributed by atoms with Gasteiger partial charge in [-0.05, 0) is 26.3 Å². The minimum Gasteiger partial charge on any atom is -0.493 e. The van der Waals surface area contributed by atoms with E-state index in [9.17, 15) is 14.9 Å². The molecule has 8 nitrogen and oxygen atoms in total. The molecule has 0 aliphatic rings. The molecule has 0 radical (unpaired) electrons. The van der Waals surface area contributed by atoms with Crippen molar-refractivity contribution in [1.82, 2.24) is 5.32 Å². The number of benzene rings is 1. The van der Waals surface area contributed by atoms with Crippen molar-refractivity contribution in [2.24, 2.45) is 5.73 Å². The number of nitrogens with zero attached hydrogens (tertiary/aromatic N) is 1. The minimum atomic E-state index is -0.996. The van der Waals surface area contributed by atoms with Gasteiger partial charge in [-0.3, -0.25) is 14.9 Å². The molecule has 3 N–H and O–H groups in total. The van der Waals surface area contributed by atoms with Crippen molar-refractivity contribution >= 4 is 11.6 Å². The molecular weight excluding hydrogens is 290 g/mol. The number of nitrogens with two attached hydrogens (primary N) is 1. The van der Waals surface area contributed by atoms with E-state index in [0.29, 0.717) is 11.3 Å². The number of ether oxygens (including phenoxy) is 2. The van der Waals surface area contributed by atoms with Gasteiger partial charge in [0, 0.05) is 12.1 Å². The second-order valence-electron chi connectivity index (χ2n) is 5.32. The van der Waals surface area contributed by atoms with Crippen LogP contribution in [0.15, 0.2) is 12.1 Å². The number of rotatable bonds is 7. The van der Waals surface area contributed by atoms with E-state index in [1.165, 1.54) is 26.4 Å². The van der Waals surface area contributed by atoms with Crippen molar-refractivity contribution < 1.29 is 19.2 Å². The zero-order chi connectivity index (χ0) is 16.9. The molecule has 22 heavy (non-hydrogen) atoms. The third kappa shape index (κ3) is 4.32. The van der Waals surface area contributed by atoms with Crippen LogP contribution in [0.4, 0.5) is 5.69 Å². The number of hydrogen-bond acceptors (Lipinski definition) is 6. The number of hydrogen-bond donors (Lipinski definition) is 2. The zero-order valence-corrected chi connectivity index (χ0v) is 13.1. The Balaban J connectivity index is 2.93. The first-order chi connectivity index (χ1) is 10.2. The van der Waals surface area contributed by atoms with Crippen LogP contribution in [-0.4, -0.2) is 37.1 Å². The lowest BCUT2D eigenvalue weighted by Crippen LogP contribution is -2.49. The number of nitro groups is 1. The maximum Gasteiger partial charge on any atom is 0.276 e. The van der Waals surface area contributed by atoms with E-state index < -0.39 is 10.5 Å². The number of methoxy groups -OCH3 is 2. The molecule has 8 heteroatoms. The fourth-order valence-corrected chi connectivity index (χ4v) is 1.82. The fraction of sp³-hybridized carbons (Fsp3) is 0.500. The summed E-state index contributed by atoms with van der Waals surface area (Å²) >= 11 is 0. The molecule has 0 aliphatic carbocycles. The molecule has 0 heterocycles. The van der Waals surface area contributed by atoms with Gasteiger partial charge in [-0.2, -0.15) is 0 Å². The topological polar surface area (TPSA) is 117 Å². The molecule has 1 rings (SSSR count). The summed E-state index contributed by atoms with van der Waals surface area (Å²) in [6, 6.07) is 2.85. The molecule has 0 unspecified atom stereocenters.